The van der Waals surface area contributed by atoms with Gasteiger partial charge in [-0.05, 0) is 23.6 Å². The van der Waals surface area contributed by atoms with E-state index in [1.54, 1.807) is 19.2 Å². The summed E-state index contributed by atoms with van der Waals surface area (Å²) in [5, 5.41) is 9.47. The molecule has 1 amide bonds. The zero-order valence-electron chi connectivity index (χ0n) is 18.3. The molecule has 4 rings (SSSR count). The Bertz CT molecular complexity index is 1290. The van der Waals surface area contributed by atoms with E-state index in [0.717, 1.165) is 5.56 Å². The number of hydrogen-bond donors (Lipinski definition) is 3. The molecular formula is C24H24ClN3O4. The summed E-state index contributed by atoms with van der Waals surface area (Å²) in [5.41, 5.74) is 1.10. The second-order valence-corrected chi connectivity index (χ2v) is 9.26. The predicted molar refractivity (Wildman–Crippen MR) is 126 cm³/mol. The number of anilines is 3. The molecule has 1 aliphatic heterocycles. The number of ether oxygens (including phenoxy) is 1. The molecule has 8 heteroatoms. The maximum absolute atomic E-state index is 12.5. The highest BCUT2D eigenvalue weighted by atomic mass is 35.5. The van der Waals surface area contributed by atoms with Crippen LogP contribution in [0.5, 0.6) is 5.75 Å². The summed E-state index contributed by atoms with van der Waals surface area (Å²) in [4.78, 5) is 37.3. The van der Waals surface area contributed by atoms with Gasteiger partial charge in [0.1, 0.15) is 17.1 Å². The van der Waals surface area contributed by atoms with Crippen molar-refractivity contribution in [2.45, 2.75) is 33.4 Å². The molecule has 3 N–H and O–H groups in total. The van der Waals surface area contributed by atoms with Crippen LogP contribution in [-0.2, 0) is 6.54 Å². The summed E-state index contributed by atoms with van der Waals surface area (Å²) < 4.78 is 5.52. The van der Waals surface area contributed by atoms with Crippen LogP contribution < -0.4 is 31.5 Å². The monoisotopic (exact) mass is 453 g/mol. The number of methoxy groups -OCH3 is 1. The molecule has 0 fully saturated rings. The van der Waals surface area contributed by atoms with E-state index in [0.29, 0.717) is 34.1 Å². The van der Waals surface area contributed by atoms with Gasteiger partial charge in [0.15, 0.2) is 0 Å². The third-order valence-corrected chi connectivity index (χ3v) is 6.04. The van der Waals surface area contributed by atoms with Crippen molar-refractivity contribution in [1.82, 2.24) is 5.32 Å². The highest BCUT2D eigenvalue weighted by Gasteiger charge is 2.33. The van der Waals surface area contributed by atoms with E-state index < -0.39 is 10.9 Å². The number of carbonyl (C=O) groups excluding carboxylic acids is 1. The van der Waals surface area contributed by atoms with Crippen LogP contribution in [0, 0.1) is 5.41 Å². The zero-order valence-corrected chi connectivity index (χ0v) is 19.0. The second kappa shape index (κ2) is 7.98. The van der Waals surface area contributed by atoms with Gasteiger partial charge in [-0.25, -0.2) is 0 Å². The largest absolute Gasteiger partial charge is 0.496 e. The molecule has 3 aromatic carbocycles. The molecule has 32 heavy (non-hydrogen) atoms. The summed E-state index contributed by atoms with van der Waals surface area (Å²) in [7, 11) is 1.59. The Morgan fingerprint density at radius 3 is 2.41 bits per heavy atom. The number of rotatable bonds is 6. The quantitative estimate of drug-likeness (QED) is 0.485. The fourth-order valence-electron chi connectivity index (χ4n) is 4.01. The molecule has 1 heterocycles. The van der Waals surface area contributed by atoms with E-state index in [9.17, 15) is 14.4 Å². The van der Waals surface area contributed by atoms with Crippen molar-refractivity contribution in [3.05, 3.63) is 78.6 Å². The average molecular weight is 454 g/mol. The van der Waals surface area contributed by atoms with Gasteiger partial charge >= 0.3 is 0 Å². The van der Waals surface area contributed by atoms with Gasteiger partial charge in [0.25, 0.3) is 16.8 Å². The van der Waals surface area contributed by atoms with Crippen LogP contribution in [0.25, 0.3) is 0 Å². The van der Waals surface area contributed by atoms with Gasteiger partial charge < -0.3 is 20.7 Å². The fraction of sp³-hybridized carbons (Fsp3) is 0.292. The Balaban J connectivity index is 1.73. The first-order valence-corrected chi connectivity index (χ1v) is 10.6. The average Bonchev–Trinajstić information content (AvgIpc) is 3.16. The Morgan fingerprint density at radius 1 is 1.03 bits per heavy atom. The van der Waals surface area contributed by atoms with Crippen LogP contribution in [-0.4, -0.2) is 13.0 Å². The van der Waals surface area contributed by atoms with Crippen molar-refractivity contribution >= 4 is 34.6 Å². The van der Waals surface area contributed by atoms with Crippen molar-refractivity contribution in [2.75, 3.05) is 17.7 Å². The highest BCUT2D eigenvalue weighted by Crippen LogP contribution is 2.41. The minimum absolute atomic E-state index is 0.128. The summed E-state index contributed by atoms with van der Waals surface area (Å²) in [5.74, 6) is 0.403. The lowest BCUT2D eigenvalue weighted by Gasteiger charge is -2.34. The Hall–Kier alpha value is -3.32. The molecule has 0 radical (unpaired) electrons. The molecule has 0 spiro atoms. The van der Waals surface area contributed by atoms with E-state index in [1.165, 1.54) is 0 Å². The van der Waals surface area contributed by atoms with Crippen LogP contribution in [0.2, 0.25) is 5.02 Å². The first kappa shape index (κ1) is 21.9. The smallest absolute Gasteiger partial charge is 0.254 e. The van der Waals surface area contributed by atoms with E-state index in [4.69, 9.17) is 16.3 Å². The first-order chi connectivity index (χ1) is 15.1. The normalized spacial score (nSPS) is 14.1. The predicted octanol–water partition coefficient (Wildman–Crippen LogP) is 4.13. The SMILES string of the molecule is COc1ccccc1[C@H](Nc1c(Nc2ccc(Cl)c3c2C(=O)NC3)c(=O)c1=O)C(C)(C)C. The lowest BCUT2D eigenvalue weighted by molar-refractivity contribution is 0.0966. The molecule has 0 unspecified atom stereocenters. The Labute approximate surface area is 190 Å². The van der Waals surface area contributed by atoms with Gasteiger partial charge in [-0.15, -0.1) is 0 Å². The Morgan fingerprint density at radius 2 is 1.72 bits per heavy atom. The van der Waals surface area contributed by atoms with Gasteiger partial charge in [-0.2, -0.15) is 0 Å². The number of carbonyl (C=O) groups is 1. The summed E-state index contributed by atoms with van der Waals surface area (Å²) >= 11 is 6.21. The van der Waals surface area contributed by atoms with E-state index in [2.05, 4.69) is 16.0 Å². The molecule has 7 nitrogen and oxygen atoms in total. The third-order valence-electron chi connectivity index (χ3n) is 5.68. The molecule has 0 bridgehead atoms. The van der Waals surface area contributed by atoms with Crippen molar-refractivity contribution in [3.63, 3.8) is 0 Å². The first-order valence-electron chi connectivity index (χ1n) is 10.2. The molecule has 0 saturated carbocycles. The van der Waals surface area contributed by atoms with Crippen molar-refractivity contribution in [2.24, 2.45) is 5.41 Å². The van der Waals surface area contributed by atoms with Crippen LogP contribution in [0.1, 0.15) is 48.3 Å². The number of fused-ring (bicyclic) bond motifs is 1. The van der Waals surface area contributed by atoms with Gasteiger partial charge in [0.05, 0.1) is 24.4 Å². The number of para-hydroxylation sites is 1. The summed E-state index contributed by atoms with van der Waals surface area (Å²) in [6, 6.07) is 10.5. The van der Waals surface area contributed by atoms with Gasteiger partial charge in [0.2, 0.25) is 0 Å². The van der Waals surface area contributed by atoms with Gasteiger partial charge in [-0.3, -0.25) is 14.4 Å². The highest BCUT2D eigenvalue weighted by molar-refractivity contribution is 6.32. The van der Waals surface area contributed by atoms with E-state index in [1.807, 2.05) is 45.0 Å². The van der Waals surface area contributed by atoms with Gasteiger partial charge in [-0.1, -0.05) is 50.6 Å². The lowest BCUT2D eigenvalue weighted by Crippen LogP contribution is -2.39. The minimum Gasteiger partial charge on any atom is -0.496 e. The lowest BCUT2D eigenvalue weighted by atomic mass is 9.81. The molecule has 3 aromatic rings. The second-order valence-electron chi connectivity index (χ2n) is 8.85. The summed E-state index contributed by atoms with van der Waals surface area (Å²) in [6.07, 6.45) is 0. The standard InChI is InChI=1S/C24H24ClN3O4/c1-24(2,3)22(12-7-5-6-8-16(12)32-4)28-19-18(20(29)21(19)30)27-15-10-9-14(25)13-11-26-23(31)17(13)15/h5-10,22,27-28H,11H2,1-4H3,(H,26,31)/t22-/m0/s1. The molecule has 0 aliphatic carbocycles. The maximum Gasteiger partial charge on any atom is 0.254 e. The molecule has 166 valence electrons. The Kier molecular flexibility index (Phi) is 5.46. The van der Waals surface area contributed by atoms with Gasteiger partial charge in [0, 0.05) is 22.7 Å². The summed E-state index contributed by atoms with van der Waals surface area (Å²) in [6.45, 7) is 6.42. The zero-order chi connectivity index (χ0) is 23.2. The topological polar surface area (TPSA) is 96.5 Å². The molecule has 1 atom stereocenters. The number of amides is 1. The van der Waals surface area contributed by atoms with Crippen LogP contribution in [0.3, 0.4) is 0 Å². The van der Waals surface area contributed by atoms with E-state index in [-0.39, 0.29) is 28.7 Å². The number of nitrogens with one attached hydrogen (secondary N) is 3. The number of benzene rings is 2. The molecule has 0 aromatic heterocycles. The minimum atomic E-state index is -0.637. The number of hydrogen-bond acceptors (Lipinski definition) is 6. The van der Waals surface area contributed by atoms with Crippen molar-refractivity contribution < 1.29 is 9.53 Å². The van der Waals surface area contributed by atoms with E-state index >= 15 is 0 Å². The van der Waals surface area contributed by atoms with Crippen LogP contribution >= 0.6 is 11.6 Å². The molecule has 0 saturated heterocycles. The van der Waals surface area contributed by atoms with Crippen LogP contribution in [0.15, 0.2) is 46.0 Å². The molecular weight excluding hydrogens is 430 g/mol. The third kappa shape index (κ3) is 3.62. The van der Waals surface area contributed by atoms with Crippen molar-refractivity contribution in [3.8, 4) is 5.75 Å². The maximum atomic E-state index is 12.5. The van der Waals surface area contributed by atoms with Crippen LogP contribution in [0.4, 0.5) is 17.1 Å². The van der Waals surface area contributed by atoms with Crippen molar-refractivity contribution in [1.29, 1.82) is 0 Å². The molecule has 1 aliphatic rings. The number of halogens is 1. The fourth-order valence-corrected chi connectivity index (χ4v) is 4.23.